The SMILES string of the molecule is CC(C)N(C(=O)c1ccc(CCC2CCC(CS(=O)(=O)C(C)(C)C)CC2)cc1)C(C)C. The van der Waals surface area contributed by atoms with E-state index in [1.165, 1.54) is 5.56 Å². The van der Waals surface area contributed by atoms with Crippen LogP contribution in [-0.4, -0.2) is 41.8 Å². The van der Waals surface area contributed by atoms with Crippen molar-refractivity contribution in [3.63, 3.8) is 0 Å². The fourth-order valence-electron chi connectivity index (χ4n) is 4.65. The number of amides is 1. The zero-order chi connectivity index (χ0) is 23.4. The van der Waals surface area contributed by atoms with E-state index in [9.17, 15) is 13.2 Å². The average molecular weight is 450 g/mol. The van der Waals surface area contributed by atoms with Crippen molar-refractivity contribution in [3.8, 4) is 0 Å². The van der Waals surface area contributed by atoms with Gasteiger partial charge in [-0.05, 0) is 104 Å². The van der Waals surface area contributed by atoms with Crippen molar-refractivity contribution < 1.29 is 13.2 Å². The molecular weight excluding hydrogens is 406 g/mol. The van der Waals surface area contributed by atoms with Crippen LogP contribution in [0.15, 0.2) is 24.3 Å². The molecule has 1 amide bonds. The molecule has 1 aromatic carbocycles. The lowest BCUT2D eigenvalue weighted by molar-refractivity contribution is 0.0643. The van der Waals surface area contributed by atoms with Gasteiger partial charge in [0.15, 0.2) is 9.84 Å². The summed E-state index contributed by atoms with van der Waals surface area (Å²) in [7, 11) is -3.03. The van der Waals surface area contributed by atoms with Gasteiger partial charge in [0.1, 0.15) is 0 Å². The number of carbonyl (C=O) groups is 1. The molecule has 31 heavy (non-hydrogen) atoms. The highest BCUT2D eigenvalue weighted by Gasteiger charge is 2.33. The van der Waals surface area contributed by atoms with Crippen LogP contribution in [0.4, 0.5) is 0 Å². The van der Waals surface area contributed by atoms with Crippen LogP contribution in [0.3, 0.4) is 0 Å². The third-order valence-corrected chi connectivity index (χ3v) is 9.52. The first-order valence-electron chi connectivity index (χ1n) is 12.0. The van der Waals surface area contributed by atoms with E-state index < -0.39 is 14.6 Å². The van der Waals surface area contributed by atoms with Gasteiger partial charge in [0.05, 0.1) is 10.5 Å². The molecule has 1 aromatic rings. The fourth-order valence-corrected chi connectivity index (χ4v) is 6.10. The Hall–Kier alpha value is -1.36. The molecule has 0 aromatic heterocycles. The number of sulfone groups is 1. The van der Waals surface area contributed by atoms with Crippen molar-refractivity contribution in [1.82, 2.24) is 4.90 Å². The number of aryl methyl sites for hydroxylation is 1. The minimum absolute atomic E-state index is 0.0973. The maximum Gasteiger partial charge on any atom is 0.254 e. The molecule has 1 aliphatic carbocycles. The van der Waals surface area contributed by atoms with E-state index in [2.05, 4.69) is 39.8 Å². The largest absolute Gasteiger partial charge is 0.334 e. The summed E-state index contributed by atoms with van der Waals surface area (Å²) in [6.07, 6.45) is 6.44. The number of nitrogens with zero attached hydrogens (tertiary/aromatic N) is 1. The summed E-state index contributed by atoms with van der Waals surface area (Å²) in [4.78, 5) is 14.7. The molecule has 0 spiro atoms. The van der Waals surface area contributed by atoms with Crippen LogP contribution in [0, 0.1) is 11.8 Å². The molecule has 0 heterocycles. The molecule has 0 unspecified atom stereocenters. The molecule has 0 aliphatic heterocycles. The van der Waals surface area contributed by atoms with Crippen LogP contribution >= 0.6 is 0 Å². The highest BCUT2D eigenvalue weighted by Crippen LogP contribution is 2.34. The summed E-state index contributed by atoms with van der Waals surface area (Å²) in [5, 5.41) is 0. The van der Waals surface area contributed by atoms with Crippen LogP contribution in [-0.2, 0) is 16.3 Å². The van der Waals surface area contributed by atoms with Gasteiger partial charge in [-0.2, -0.15) is 0 Å². The molecule has 0 radical (unpaired) electrons. The van der Waals surface area contributed by atoms with Gasteiger partial charge < -0.3 is 4.90 Å². The lowest BCUT2D eigenvalue weighted by atomic mass is 9.80. The molecule has 1 saturated carbocycles. The predicted molar refractivity (Wildman–Crippen MR) is 130 cm³/mol. The van der Waals surface area contributed by atoms with Crippen molar-refractivity contribution in [2.24, 2.45) is 11.8 Å². The van der Waals surface area contributed by atoms with E-state index in [1.807, 2.05) is 17.0 Å². The van der Waals surface area contributed by atoms with Crippen molar-refractivity contribution >= 4 is 15.7 Å². The zero-order valence-corrected chi connectivity index (χ0v) is 21.5. The highest BCUT2D eigenvalue weighted by molar-refractivity contribution is 7.92. The molecule has 0 saturated heterocycles. The molecule has 5 heteroatoms. The van der Waals surface area contributed by atoms with Crippen molar-refractivity contribution in [2.45, 2.75) is 104 Å². The Morgan fingerprint density at radius 2 is 1.42 bits per heavy atom. The lowest BCUT2D eigenvalue weighted by Gasteiger charge is -2.31. The summed E-state index contributed by atoms with van der Waals surface area (Å²) in [6.45, 7) is 13.6. The zero-order valence-electron chi connectivity index (χ0n) is 20.6. The monoisotopic (exact) mass is 449 g/mol. The van der Waals surface area contributed by atoms with Gasteiger partial charge in [0, 0.05) is 17.6 Å². The van der Waals surface area contributed by atoms with Gasteiger partial charge in [-0.15, -0.1) is 0 Å². The molecular formula is C26H43NO3S. The lowest BCUT2D eigenvalue weighted by Crippen LogP contribution is -2.42. The Morgan fingerprint density at radius 1 is 0.935 bits per heavy atom. The van der Waals surface area contributed by atoms with Gasteiger partial charge in [0.2, 0.25) is 0 Å². The van der Waals surface area contributed by atoms with Crippen molar-refractivity contribution in [1.29, 1.82) is 0 Å². The molecule has 2 rings (SSSR count). The topological polar surface area (TPSA) is 54.5 Å². The second kappa shape index (κ2) is 10.5. The quantitative estimate of drug-likeness (QED) is 0.496. The van der Waals surface area contributed by atoms with Crippen LogP contribution in [0.2, 0.25) is 0 Å². The molecule has 0 N–H and O–H groups in total. The Bertz CT molecular complexity index is 803. The smallest absolute Gasteiger partial charge is 0.254 e. The maximum absolute atomic E-state index is 12.8. The average Bonchev–Trinajstić information content (AvgIpc) is 2.66. The second-order valence-electron chi connectivity index (χ2n) is 10.9. The molecule has 176 valence electrons. The molecule has 0 bridgehead atoms. The first-order chi connectivity index (χ1) is 14.3. The van der Waals surface area contributed by atoms with Crippen LogP contribution in [0.5, 0.6) is 0 Å². The summed E-state index contributed by atoms with van der Waals surface area (Å²) in [5.41, 5.74) is 2.03. The first-order valence-corrected chi connectivity index (χ1v) is 13.6. The van der Waals surface area contributed by atoms with Crippen molar-refractivity contribution in [3.05, 3.63) is 35.4 Å². The maximum atomic E-state index is 12.8. The van der Waals surface area contributed by atoms with Crippen LogP contribution in [0.25, 0.3) is 0 Å². The van der Waals surface area contributed by atoms with E-state index in [1.54, 1.807) is 20.8 Å². The van der Waals surface area contributed by atoms with E-state index in [-0.39, 0.29) is 18.0 Å². The summed E-state index contributed by atoms with van der Waals surface area (Å²) >= 11 is 0. The number of benzene rings is 1. The summed E-state index contributed by atoms with van der Waals surface area (Å²) < 4.78 is 24.3. The number of hydrogen-bond acceptors (Lipinski definition) is 3. The number of rotatable bonds is 8. The van der Waals surface area contributed by atoms with E-state index in [4.69, 9.17) is 0 Å². The number of hydrogen-bond donors (Lipinski definition) is 0. The minimum Gasteiger partial charge on any atom is -0.334 e. The van der Waals surface area contributed by atoms with Crippen LogP contribution in [0.1, 0.15) is 96.5 Å². The fraction of sp³-hybridized carbons (Fsp3) is 0.731. The Morgan fingerprint density at radius 3 is 1.87 bits per heavy atom. The Balaban J connectivity index is 1.84. The summed E-state index contributed by atoms with van der Waals surface area (Å²) in [6, 6.07) is 8.47. The van der Waals surface area contributed by atoms with Gasteiger partial charge in [-0.3, -0.25) is 4.79 Å². The Kier molecular flexibility index (Phi) is 8.77. The highest BCUT2D eigenvalue weighted by atomic mass is 32.2. The van der Waals surface area contributed by atoms with E-state index >= 15 is 0 Å². The number of carbonyl (C=O) groups excluding carboxylic acids is 1. The molecule has 1 fully saturated rings. The first kappa shape index (κ1) is 25.9. The Labute approximate surface area is 190 Å². The standard InChI is InChI=1S/C26H43NO3S/c1-19(2)27(20(3)4)25(28)24-16-14-22(15-17-24)9-8-21-10-12-23(13-11-21)18-31(29,30)26(5,6)7/h14-17,19-21,23H,8-13,18H2,1-7H3. The van der Waals surface area contributed by atoms with E-state index in [0.29, 0.717) is 17.6 Å². The molecule has 4 nitrogen and oxygen atoms in total. The van der Waals surface area contributed by atoms with Gasteiger partial charge in [-0.25, -0.2) is 8.42 Å². The summed E-state index contributed by atoms with van der Waals surface area (Å²) in [5.74, 6) is 1.42. The van der Waals surface area contributed by atoms with Gasteiger partial charge in [-0.1, -0.05) is 25.0 Å². The van der Waals surface area contributed by atoms with Crippen molar-refractivity contribution in [2.75, 3.05) is 5.75 Å². The van der Waals surface area contributed by atoms with Gasteiger partial charge >= 0.3 is 0 Å². The van der Waals surface area contributed by atoms with Crippen LogP contribution < -0.4 is 0 Å². The normalized spacial score (nSPS) is 20.3. The minimum atomic E-state index is -3.03. The molecule has 0 atom stereocenters. The second-order valence-corrected chi connectivity index (χ2v) is 13.7. The van der Waals surface area contributed by atoms with E-state index in [0.717, 1.165) is 44.1 Å². The third kappa shape index (κ3) is 7.06. The molecule has 1 aliphatic rings. The van der Waals surface area contributed by atoms with Gasteiger partial charge in [0.25, 0.3) is 5.91 Å². The predicted octanol–water partition coefficient (Wildman–Crippen LogP) is 5.90. The third-order valence-electron chi connectivity index (χ3n) is 6.74.